The summed E-state index contributed by atoms with van der Waals surface area (Å²) in [5.74, 6) is -0.693. The van der Waals surface area contributed by atoms with E-state index in [0.29, 0.717) is 23.6 Å². The average Bonchev–Trinajstić information content (AvgIpc) is 2.88. The van der Waals surface area contributed by atoms with Crippen molar-refractivity contribution in [2.45, 2.75) is 20.5 Å². The molecule has 0 radical (unpaired) electrons. The minimum Gasteiger partial charge on any atom is -0.488 e. The topological polar surface area (TPSA) is 75.7 Å². The third-order valence-electron chi connectivity index (χ3n) is 6.31. The van der Waals surface area contributed by atoms with Gasteiger partial charge in [-0.05, 0) is 65.8 Å². The van der Waals surface area contributed by atoms with Crippen LogP contribution in [0.3, 0.4) is 0 Å². The molecular formula is C30H24N2O4. The van der Waals surface area contributed by atoms with E-state index in [-0.39, 0.29) is 5.57 Å². The summed E-state index contributed by atoms with van der Waals surface area (Å²) in [5, 5.41) is 3.97. The van der Waals surface area contributed by atoms with E-state index in [1.807, 2.05) is 86.6 Å². The number of amides is 4. The zero-order chi connectivity index (χ0) is 25.2. The van der Waals surface area contributed by atoms with Crippen molar-refractivity contribution in [1.82, 2.24) is 5.32 Å². The Morgan fingerprint density at radius 3 is 2.28 bits per heavy atom. The predicted octanol–water partition coefficient (Wildman–Crippen LogP) is 5.70. The molecule has 5 rings (SSSR count). The zero-order valence-corrected chi connectivity index (χ0v) is 19.9. The number of ether oxygens (including phenoxy) is 1. The van der Waals surface area contributed by atoms with Crippen LogP contribution in [0.5, 0.6) is 5.75 Å². The molecule has 4 aromatic carbocycles. The van der Waals surface area contributed by atoms with E-state index in [0.717, 1.165) is 32.4 Å². The van der Waals surface area contributed by atoms with E-state index >= 15 is 0 Å². The summed E-state index contributed by atoms with van der Waals surface area (Å²) in [6, 6.07) is 25.7. The number of imide groups is 2. The van der Waals surface area contributed by atoms with E-state index in [9.17, 15) is 14.4 Å². The van der Waals surface area contributed by atoms with Gasteiger partial charge in [-0.1, -0.05) is 66.7 Å². The highest BCUT2D eigenvalue weighted by atomic mass is 16.5. The van der Waals surface area contributed by atoms with Gasteiger partial charge in [-0.25, -0.2) is 9.69 Å². The molecule has 36 heavy (non-hydrogen) atoms. The molecule has 0 atom stereocenters. The molecule has 1 saturated heterocycles. The molecule has 178 valence electrons. The Morgan fingerprint density at radius 1 is 0.806 bits per heavy atom. The van der Waals surface area contributed by atoms with Crippen molar-refractivity contribution < 1.29 is 19.1 Å². The lowest BCUT2D eigenvalue weighted by Gasteiger charge is -2.27. The lowest BCUT2D eigenvalue weighted by molar-refractivity contribution is -0.122. The highest BCUT2D eigenvalue weighted by molar-refractivity contribution is 6.39. The van der Waals surface area contributed by atoms with Crippen LogP contribution >= 0.6 is 0 Å². The maximum atomic E-state index is 13.4. The standard InChI is InChI=1S/C30H24N2O4/c1-19-12-14-23(16-20(19)2)32-29(34)26(28(33)31-30(32)35)17-22-13-15-27(25-11-7-6-10-24(22)25)36-18-21-8-4-3-5-9-21/h3-17H,18H2,1-2H3,(H,31,33,35)/b26-17+. The predicted molar refractivity (Wildman–Crippen MR) is 140 cm³/mol. The lowest BCUT2D eigenvalue weighted by atomic mass is 10.00. The van der Waals surface area contributed by atoms with Crippen LogP contribution in [0.2, 0.25) is 0 Å². The fourth-order valence-electron chi connectivity index (χ4n) is 4.19. The second-order valence-corrected chi connectivity index (χ2v) is 8.70. The van der Waals surface area contributed by atoms with Crippen LogP contribution in [0.1, 0.15) is 22.3 Å². The third kappa shape index (κ3) is 4.36. The number of aryl methyl sites for hydroxylation is 2. The molecule has 0 aliphatic carbocycles. The average molecular weight is 477 g/mol. The number of fused-ring (bicyclic) bond motifs is 1. The van der Waals surface area contributed by atoms with Gasteiger partial charge in [0.2, 0.25) is 0 Å². The molecule has 0 saturated carbocycles. The summed E-state index contributed by atoms with van der Waals surface area (Å²) in [6.45, 7) is 4.27. The molecule has 4 aromatic rings. The van der Waals surface area contributed by atoms with Crippen LogP contribution < -0.4 is 15.0 Å². The molecule has 1 fully saturated rings. The smallest absolute Gasteiger partial charge is 0.335 e. The molecule has 1 heterocycles. The fourth-order valence-corrected chi connectivity index (χ4v) is 4.19. The maximum absolute atomic E-state index is 13.4. The largest absolute Gasteiger partial charge is 0.488 e. The van der Waals surface area contributed by atoms with Crippen LogP contribution in [0.25, 0.3) is 16.8 Å². The third-order valence-corrected chi connectivity index (χ3v) is 6.31. The number of carbonyl (C=O) groups is 3. The number of hydrogen-bond donors (Lipinski definition) is 1. The summed E-state index contributed by atoms with van der Waals surface area (Å²) >= 11 is 0. The molecule has 1 aliphatic heterocycles. The van der Waals surface area contributed by atoms with Crippen molar-refractivity contribution in [2.24, 2.45) is 0 Å². The number of carbonyl (C=O) groups excluding carboxylic acids is 3. The normalized spacial score (nSPS) is 14.9. The number of hydrogen-bond acceptors (Lipinski definition) is 4. The van der Waals surface area contributed by atoms with Crippen LogP contribution in [0.15, 0.2) is 90.5 Å². The highest BCUT2D eigenvalue weighted by Gasteiger charge is 2.37. The van der Waals surface area contributed by atoms with Gasteiger partial charge in [0.25, 0.3) is 11.8 Å². The summed E-state index contributed by atoms with van der Waals surface area (Å²) in [4.78, 5) is 39.7. The van der Waals surface area contributed by atoms with E-state index in [1.165, 1.54) is 6.08 Å². The van der Waals surface area contributed by atoms with E-state index < -0.39 is 17.8 Å². The number of nitrogens with zero attached hydrogens (tertiary/aromatic N) is 1. The van der Waals surface area contributed by atoms with Gasteiger partial charge in [0.1, 0.15) is 17.9 Å². The molecule has 0 unspecified atom stereocenters. The summed E-state index contributed by atoms with van der Waals surface area (Å²) in [5.41, 5.74) is 3.99. The van der Waals surface area contributed by atoms with Gasteiger partial charge in [-0.3, -0.25) is 14.9 Å². The highest BCUT2D eigenvalue weighted by Crippen LogP contribution is 2.31. The van der Waals surface area contributed by atoms with Gasteiger partial charge in [-0.15, -0.1) is 0 Å². The van der Waals surface area contributed by atoms with E-state index in [4.69, 9.17) is 4.74 Å². The Kier molecular flexibility index (Phi) is 6.09. The molecule has 6 nitrogen and oxygen atoms in total. The molecule has 0 spiro atoms. The minimum atomic E-state index is -0.764. The van der Waals surface area contributed by atoms with Crippen molar-refractivity contribution in [3.63, 3.8) is 0 Å². The molecule has 0 bridgehead atoms. The molecule has 1 N–H and O–H groups in total. The van der Waals surface area contributed by atoms with E-state index in [1.54, 1.807) is 12.1 Å². The second-order valence-electron chi connectivity index (χ2n) is 8.70. The van der Waals surface area contributed by atoms with E-state index in [2.05, 4.69) is 5.32 Å². The Bertz CT molecular complexity index is 1540. The summed E-state index contributed by atoms with van der Waals surface area (Å²) in [7, 11) is 0. The van der Waals surface area contributed by atoms with Crippen molar-refractivity contribution in [3.8, 4) is 5.75 Å². The Hall–Kier alpha value is -4.71. The Labute approximate surface area is 208 Å². The van der Waals surface area contributed by atoms with Gasteiger partial charge in [0.05, 0.1) is 5.69 Å². The van der Waals surface area contributed by atoms with Crippen molar-refractivity contribution in [3.05, 3.63) is 113 Å². The van der Waals surface area contributed by atoms with Gasteiger partial charge in [0, 0.05) is 5.39 Å². The molecule has 4 amide bonds. The molecule has 1 aliphatic rings. The van der Waals surface area contributed by atoms with Crippen molar-refractivity contribution in [2.75, 3.05) is 4.90 Å². The lowest BCUT2D eigenvalue weighted by Crippen LogP contribution is -2.54. The summed E-state index contributed by atoms with van der Waals surface area (Å²) in [6.07, 6.45) is 1.53. The van der Waals surface area contributed by atoms with Crippen molar-refractivity contribution >= 4 is 40.4 Å². The number of urea groups is 1. The number of barbiturate groups is 1. The monoisotopic (exact) mass is 476 g/mol. The van der Waals surface area contributed by atoms with Crippen LogP contribution in [-0.4, -0.2) is 17.8 Å². The number of anilines is 1. The van der Waals surface area contributed by atoms with Crippen molar-refractivity contribution in [1.29, 1.82) is 0 Å². The zero-order valence-electron chi connectivity index (χ0n) is 19.9. The quantitative estimate of drug-likeness (QED) is 0.296. The van der Waals surface area contributed by atoms with Crippen LogP contribution in [0.4, 0.5) is 10.5 Å². The molecular weight excluding hydrogens is 452 g/mol. The van der Waals surface area contributed by atoms with Crippen LogP contribution in [0, 0.1) is 13.8 Å². The number of benzene rings is 4. The van der Waals surface area contributed by atoms with Gasteiger partial charge >= 0.3 is 6.03 Å². The number of nitrogens with one attached hydrogen (secondary N) is 1. The first-order valence-electron chi connectivity index (χ1n) is 11.6. The van der Waals surface area contributed by atoms with Crippen LogP contribution in [-0.2, 0) is 16.2 Å². The first kappa shape index (κ1) is 23.1. The first-order chi connectivity index (χ1) is 17.4. The SMILES string of the molecule is Cc1ccc(N2C(=O)NC(=O)/C(=C\c3ccc(OCc4ccccc4)c4ccccc34)C2=O)cc1C. The van der Waals surface area contributed by atoms with Gasteiger partial charge in [-0.2, -0.15) is 0 Å². The minimum absolute atomic E-state index is 0.115. The maximum Gasteiger partial charge on any atom is 0.335 e. The second kappa shape index (κ2) is 9.50. The van der Waals surface area contributed by atoms with Gasteiger partial charge < -0.3 is 4.74 Å². The summed E-state index contributed by atoms with van der Waals surface area (Å²) < 4.78 is 6.08. The molecule has 0 aromatic heterocycles. The first-order valence-corrected chi connectivity index (χ1v) is 11.6. The Morgan fingerprint density at radius 2 is 1.53 bits per heavy atom. The number of rotatable bonds is 5. The van der Waals surface area contributed by atoms with Gasteiger partial charge in [0.15, 0.2) is 0 Å². The Balaban J connectivity index is 1.51. The molecule has 6 heteroatoms. The fraction of sp³-hybridized carbons (Fsp3) is 0.100.